The SMILES string of the molecule is Cc1ccoc1C(=O)NCCCNc1c(Cl)cc([N+](=O)[O-])cc1Cl. The minimum atomic E-state index is -0.562. The van der Waals surface area contributed by atoms with Crippen molar-refractivity contribution in [2.45, 2.75) is 13.3 Å². The fourth-order valence-electron chi connectivity index (χ4n) is 2.02. The molecule has 24 heavy (non-hydrogen) atoms. The summed E-state index contributed by atoms with van der Waals surface area (Å²) in [6.45, 7) is 2.70. The molecule has 2 rings (SSSR count). The molecule has 0 aliphatic rings. The predicted octanol–water partition coefficient (Wildman–Crippen LogP) is 4.04. The van der Waals surface area contributed by atoms with Crippen molar-refractivity contribution in [3.8, 4) is 0 Å². The Morgan fingerprint density at radius 3 is 2.50 bits per heavy atom. The highest BCUT2D eigenvalue weighted by molar-refractivity contribution is 6.39. The Morgan fingerprint density at radius 2 is 1.96 bits per heavy atom. The standard InChI is InChI=1S/C15H15Cl2N3O4/c1-9-3-6-24-14(9)15(21)19-5-2-4-18-13-11(16)7-10(20(22)23)8-12(13)17/h3,6-8,18H,2,4-5H2,1H3,(H,19,21). The first-order valence-corrected chi connectivity index (χ1v) is 7.85. The van der Waals surface area contributed by atoms with Crippen LogP contribution in [-0.2, 0) is 0 Å². The molecule has 0 aliphatic carbocycles. The third kappa shape index (κ3) is 4.39. The maximum atomic E-state index is 11.8. The molecule has 0 fully saturated rings. The molecule has 1 heterocycles. The number of aryl methyl sites for hydroxylation is 1. The monoisotopic (exact) mass is 371 g/mol. The number of nitro groups is 1. The summed E-state index contributed by atoms with van der Waals surface area (Å²) in [7, 11) is 0. The van der Waals surface area contributed by atoms with Gasteiger partial charge in [0.15, 0.2) is 5.76 Å². The van der Waals surface area contributed by atoms with Gasteiger partial charge in [-0.25, -0.2) is 0 Å². The van der Waals surface area contributed by atoms with Gasteiger partial charge in [0.2, 0.25) is 0 Å². The number of halogens is 2. The van der Waals surface area contributed by atoms with Gasteiger partial charge in [0.25, 0.3) is 11.6 Å². The van der Waals surface area contributed by atoms with E-state index in [1.54, 1.807) is 13.0 Å². The van der Waals surface area contributed by atoms with Crippen LogP contribution >= 0.6 is 23.2 Å². The van der Waals surface area contributed by atoms with E-state index in [9.17, 15) is 14.9 Å². The van der Waals surface area contributed by atoms with Crippen LogP contribution in [0.25, 0.3) is 0 Å². The molecule has 0 saturated carbocycles. The number of carbonyl (C=O) groups is 1. The lowest BCUT2D eigenvalue weighted by molar-refractivity contribution is -0.384. The van der Waals surface area contributed by atoms with Gasteiger partial charge in [-0.1, -0.05) is 23.2 Å². The number of non-ortho nitro benzene ring substituents is 1. The van der Waals surface area contributed by atoms with Crippen LogP contribution < -0.4 is 10.6 Å². The first-order chi connectivity index (χ1) is 11.4. The van der Waals surface area contributed by atoms with Crippen molar-refractivity contribution < 1.29 is 14.1 Å². The third-order valence-electron chi connectivity index (χ3n) is 3.25. The number of nitrogens with one attached hydrogen (secondary N) is 2. The number of amides is 1. The quantitative estimate of drug-likeness (QED) is 0.434. The van der Waals surface area contributed by atoms with E-state index in [2.05, 4.69) is 10.6 Å². The number of hydrogen-bond acceptors (Lipinski definition) is 5. The Kier molecular flexibility index (Phi) is 6.05. The summed E-state index contributed by atoms with van der Waals surface area (Å²) in [5.74, 6) is 0.0216. The van der Waals surface area contributed by atoms with Gasteiger partial charge in [0.05, 0.1) is 26.9 Å². The number of furan rings is 1. The molecular formula is C15H15Cl2N3O4. The molecule has 7 nitrogen and oxygen atoms in total. The van der Waals surface area contributed by atoms with Crippen molar-refractivity contribution >= 4 is 40.5 Å². The van der Waals surface area contributed by atoms with Crippen LogP contribution in [0.5, 0.6) is 0 Å². The van der Waals surface area contributed by atoms with Crippen LogP contribution in [0.4, 0.5) is 11.4 Å². The van der Waals surface area contributed by atoms with Crippen LogP contribution in [-0.4, -0.2) is 23.9 Å². The van der Waals surface area contributed by atoms with E-state index >= 15 is 0 Å². The molecule has 2 aromatic rings. The summed E-state index contributed by atoms with van der Waals surface area (Å²) in [6, 6.07) is 4.18. The summed E-state index contributed by atoms with van der Waals surface area (Å²) in [6.07, 6.45) is 2.07. The molecule has 0 bridgehead atoms. The van der Waals surface area contributed by atoms with Crippen molar-refractivity contribution in [2.24, 2.45) is 0 Å². The van der Waals surface area contributed by atoms with Gasteiger partial charge in [-0.15, -0.1) is 0 Å². The first-order valence-electron chi connectivity index (χ1n) is 7.09. The highest BCUT2D eigenvalue weighted by atomic mass is 35.5. The Labute approximate surface area is 148 Å². The van der Waals surface area contributed by atoms with Gasteiger partial charge in [-0.3, -0.25) is 14.9 Å². The summed E-state index contributed by atoms with van der Waals surface area (Å²) in [5.41, 5.74) is 1.03. The average Bonchev–Trinajstić information content (AvgIpc) is 2.95. The van der Waals surface area contributed by atoms with E-state index in [0.717, 1.165) is 5.56 Å². The molecule has 0 atom stereocenters. The minimum Gasteiger partial charge on any atom is -0.459 e. The number of benzene rings is 1. The lowest BCUT2D eigenvalue weighted by Gasteiger charge is -2.10. The van der Waals surface area contributed by atoms with E-state index in [1.807, 2.05) is 0 Å². The fraction of sp³-hybridized carbons (Fsp3) is 0.267. The molecule has 9 heteroatoms. The second kappa shape index (κ2) is 8.03. The van der Waals surface area contributed by atoms with E-state index in [-0.39, 0.29) is 21.6 Å². The van der Waals surface area contributed by atoms with Crippen LogP contribution in [0.15, 0.2) is 28.9 Å². The van der Waals surface area contributed by atoms with Crippen LogP contribution in [0.2, 0.25) is 10.0 Å². The van der Waals surface area contributed by atoms with E-state index in [4.69, 9.17) is 27.6 Å². The number of carbonyl (C=O) groups excluding carboxylic acids is 1. The minimum absolute atomic E-state index is 0.170. The van der Waals surface area contributed by atoms with Crippen molar-refractivity contribution in [2.75, 3.05) is 18.4 Å². The van der Waals surface area contributed by atoms with Crippen LogP contribution in [0.3, 0.4) is 0 Å². The van der Waals surface area contributed by atoms with Crippen molar-refractivity contribution in [1.29, 1.82) is 0 Å². The molecule has 1 amide bonds. The van der Waals surface area contributed by atoms with Crippen molar-refractivity contribution in [1.82, 2.24) is 5.32 Å². The summed E-state index contributed by atoms with van der Waals surface area (Å²) < 4.78 is 5.10. The zero-order valence-electron chi connectivity index (χ0n) is 12.8. The smallest absolute Gasteiger partial charge is 0.287 e. The van der Waals surface area contributed by atoms with Gasteiger partial charge < -0.3 is 15.1 Å². The lowest BCUT2D eigenvalue weighted by Crippen LogP contribution is -2.26. The van der Waals surface area contributed by atoms with Gasteiger partial charge in [0.1, 0.15) is 0 Å². The zero-order chi connectivity index (χ0) is 17.7. The van der Waals surface area contributed by atoms with Gasteiger partial charge in [0, 0.05) is 30.8 Å². The summed E-state index contributed by atoms with van der Waals surface area (Å²) in [5, 5.41) is 16.8. The predicted molar refractivity (Wildman–Crippen MR) is 92.0 cm³/mol. The molecule has 0 saturated heterocycles. The van der Waals surface area contributed by atoms with Gasteiger partial charge in [-0.2, -0.15) is 0 Å². The molecule has 2 N–H and O–H groups in total. The molecule has 0 unspecified atom stereocenters. The molecule has 1 aromatic carbocycles. The topological polar surface area (TPSA) is 97.4 Å². The first kappa shape index (κ1) is 18.1. The number of anilines is 1. The summed E-state index contributed by atoms with van der Waals surface area (Å²) in [4.78, 5) is 22.0. The number of hydrogen-bond donors (Lipinski definition) is 2. The van der Waals surface area contributed by atoms with Gasteiger partial charge in [-0.05, 0) is 19.4 Å². The molecule has 0 aliphatic heterocycles. The molecule has 1 aromatic heterocycles. The fourth-order valence-corrected chi connectivity index (χ4v) is 2.63. The largest absolute Gasteiger partial charge is 0.459 e. The van der Waals surface area contributed by atoms with Gasteiger partial charge >= 0.3 is 0 Å². The van der Waals surface area contributed by atoms with Crippen molar-refractivity contribution in [3.63, 3.8) is 0 Å². The molecular weight excluding hydrogens is 357 g/mol. The van der Waals surface area contributed by atoms with E-state index in [1.165, 1.54) is 18.4 Å². The molecule has 128 valence electrons. The van der Waals surface area contributed by atoms with E-state index in [0.29, 0.717) is 31.0 Å². The zero-order valence-corrected chi connectivity index (χ0v) is 14.3. The Morgan fingerprint density at radius 1 is 1.29 bits per heavy atom. The maximum absolute atomic E-state index is 11.8. The molecule has 0 spiro atoms. The highest BCUT2D eigenvalue weighted by Gasteiger charge is 2.14. The Balaban J connectivity index is 1.82. The Hall–Kier alpha value is -2.25. The number of nitro benzene ring substituents is 1. The summed E-state index contributed by atoms with van der Waals surface area (Å²) >= 11 is 12.0. The van der Waals surface area contributed by atoms with Crippen LogP contribution in [0.1, 0.15) is 22.5 Å². The third-order valence-corrected chi connectivity index (χ3v) is 3.84. The Bertz CT molecular complexity index is 738. The average molecular weight is 372 g/mol. The number of rotatable bonds is 7. The normalized spacial score (nSPS) is 10.5. The second-order valence-corrected chi connectivity index (χ2v) is 5.82. The van der Waals surface area contributed by atoms with Crippen molar-refractivity contribution in [3.05, 3.63) is 55.9 Å². The maximum Gasteiger partial charge on any atom is 0.287 e. The number of nitrogens with zero attached hydrogens (tertiary/aromatic N) is 1. The van der Waals surface area contributed by atoms with E-state index < -0.39 is 4.92 Å². The highest BCUT2D eigenvalue weighted by Crippen LogP contribution is 2.34. The van der Waals surface area contributed by atoms with Crippen LogP contribution in [0, 0.1) is 17.0 Å². The second-order valence-electron chi connectivity index (χ2n) is 5.01. The molecule has 0 radical (unpaired) electrons. The lowest BCUT2D eigenvalue weighted by atomic mass is 10.2.